The van der Waals surface area contributed by atoms with Crippen molar-refractivity contribution >= 4 is 17.8 Å². The topological polar surface area (TPSA) is 69.7 Å². The van der Waals surface area contributed by atoms with Gasteiger partial charge in [-0.1, -0.05) is 41.5 Å². The van der Waals surface area contributed by atoms with Crippen LogP contribution in [0.5, 0.6) is 0 Å². The third-order valence-corrected chi connectivity index (χ3v) is 5.60. The van der Waals surface area contributed by atoms with Crippen molar-refractivity contribution in [2.45, 2.75) is 54.4 Å². The zero-order valence-corrected chi connectivity index (χ0v) is 16.5. The van der Waals surface area contributed by atoms with E-state index >= 15 is 0 Å². The molecule has 2 unspecified atom stereocenters. The molecule has 25 heavy (non-hydrogen) atoms. The molecule has 0 saturated carbocycles. The molecule has 6 heteroatoms. The number of imide groups is 1. The predicted octanol–water partition coefficient (Wildman–Crippen LogP) is 2.49. The molecule has 6 nitrogen and oxygen atoms in total. The van der Waals surface area contributed by atoms with E-state index in [-0.39, 0.29) is 47.6 Å². The van der Waals surface area contributed by atoms with E-state index < -0.39 is 0 Å². The van der Waals surface area contributed by atoms with Gasteiger partial charge in [0.15, 0.2) is 0 Å². The maximum Gasteiger partial charge on any atom is 0.317 e. The van der Waals surface area contributed by atoms with Crippen molar-refractivity contribution in [3.8, 4) is 0 Å². The first-order valence-electron chi connectivity index (χ1n) is 9.28. The summed E-state index contributed by atoms with van der Waals surface area (Å²) in [5.74, 6) is 0.00298. The lowest BCUT2D eigenvalue weighted by Gasteiger charge is -2.27. The molecular formula is C19H33N3O3. The lowest BCUT2D eigenvalue weighted by Crippen LogP contribution is -2.44. The van der Waals surface area contributed by atoms with Crippen molar-refractivity contribution in [2.75, 3.05) is 26.2 Å². The molecule has 2 fully saturated rings. The summed E-state index contributed by atoms with van der Waals surface area (Å²) in [5.41, 5.74) is -0.0202. The number of nitrogens with zero attached hydrogens (tertiary/aromatic N) is 2. The van der Waals surface area contributed by atoms with Crippen LogP contribution in [-0.4, -0.2) is 53.8 Å². The van der Waals surface area contributed by atoms with Crippen LogP contribution in [0.25, 0.3) is 0 Å². The van der Waals surface area contributed by atoms with Crippen molar-refractivity contribution in [1.29, 1.82) is 0 Å². The second-order valence-corrected chi connectivity index (χ2v) is 9.54. The van der Waals surface area contributed by atoms with Crippen LogP contribution in [0.4, 0.5) is 4.79 Å². The van der Waals surface area contributed by atoms with Gasteiger partial charge >= 0.3 is 6.03 Å². The highest BCUT2D eigenvalue weighted by molar-refractivity contribution is 6.03. The first kappa shape index (κ1) is 19.7. The van der Waals surface area contributed by atoms with Gasteiger partial charge < -0.3 is 10.2 Å². The van der Waals surface area contributed by atoms with E-state index in [1.54, 1.807) is 0 Å². The highest BCUT2D eigenvalue weighted by Crippen LogP contribution is 2.35. The van der Waals surface area contributed by atoms with Crippen LogP contribution in [0.15, 0.2) is 0 Å². The van der Waals surface area contributed by atoms with Gasteiger partial charge in [0, 0.05) is 32.6 Å². The minimum Gasteiger partial charge on any atom is -0.336 e. The average Bonchev–Trinajstić information content (AvgIpc) is 3.05. The van der Waals surface area contributed by atoms with Crippen LogP contribution in [0, 0.1) is 22.7 Å². The highest BCUT2D eigenvalue weighted by Gasteiger charge is 2.44. The van der Waals surface area contributed by atoms with Gasteiger partial charge in [-0.05, 0) is 23.2 Å². The summed E-state index contributed by atoms with van der Waals surface area (Å²) in [7, 11) is 0. The van der Waals surface area contributed by atoms with Crippen LogP contribution in [0.2, 0.25) is 0 Å². The SMILES string of the molecule is CC(C)(C)C1CCN(C(=O)NCCN2C(=O)CC(C(C)(C)C)C2=O)C1. The van der Waals surface area contributed by atoms with E-state index in [1.807, 2.05) is 25.7 Å². The first-order chi connectivity index (χ1) is 11.4. The zero-order chi connectivity index (χ0) is 19.0. The molecule has 0 aliphatic carbocycles. The van der Waals surface area contributed by atoms with E-state index in [9.17, 15) is 14.4 Å². The predicted molar refractivity (Wildman–Crippen MR) is 96.8 cm³/mol. The minimum absolute atomic E-state index is 0.0989. The molecule has 0 aromatic carbocycles. The average molecular weight is 351 g/mol. The maximum absolute atomic E-state index is 12.4. The molecule has 0 aromatic heterocycles. The van der Waals surface area contributed by atoms with Crippen LogP contribution in [0.3, 0.4) is 0 Å². The normalized spacial score (nSPS) is 25.0. The number of carbonyl (C=O) groups is 3. The third kappa shape index (κ3) is 4.53. The molecule has 0 radical (unpaired) electrons. The summed E-state index contributed by atoms with van der Waals surface area (Å²) >= 11 is 0. The standard InChI is InChI=1S/C19H33N3O3/c1-18(2,3)13-7-9-21(12-13)17(25)20-8-10-22-15(23)11-14(16(22)24)19(4,5)6/h13-14H,7-12H2,1-6H3,(H,20,25). The molecule has 2 rings (SSSR count). The molecule has 2 saturated heterocycles. The van der Waals surface area contributed by atoms with Crippen molar-refractivity contribution in [3.63, 3.8) is 0 Å². The van der Waals surface area contributed by atoms with Gasteiger partial charge in [0.25, 0.3) is 0 Å². The molecule has 142 valence electrons. The number of amides is 4. The van der Waals surface area contributed by atoms with Crippen LogP contribution in [-0.2, 0) is 9.59 Å². The summed E-state index contributed by atoms with van der Waals surface area (Å²) in [4.78, 5) is 40.0. The summed E-state index contributed by atoms with van der Waals surface area (Å²) in [6.45, 7) is 14.6. The quantitative estimate of drug-likeness (QED) is 0.794. The van der Waals surface area contributed by atoms with Gasteiger partial charge in [0.2, 0.25) is 11.8 Å². The van der Waals surface area contributed by atoms with Crippen molar-refractivity contribution in [2.24, 2.45) is 22.7 Å². The maximum atomic E-state index is 12.4. The Kier molecular flexibility index (Phi) is 5.50. The van der Waals surface area contributed by atoms with Gasteiger partial charge in [-0.25, -0.2) is 4.79 Å². The van der Waals surface area contributed by atoms with E-state index in [1.165, 1.54) is 4.90 Å². The summed E-state index contributed by atoms with van der Waals surface area (Å²) in [6.07, 6.45) is 1.29. The fraction of sp³-hybridized carbons (Fsp3) is 0.842. The van der Waals surface area contributed by atoms with Gasteiger partial charge in [-0.2, -0.15) is 0 Å². The largest absolute Gasteiger partial charge is 0.336 e. The molecular weight excluding hydrogens is 318 g/mol. The fourth-order valence-electron chi connectivity index (χ4n) is 3.63. The number of urea groups is 1. The molecule has 2 aliphatic rings. The summed E-state index contributed by atoms with van der Waals surface area (Å²) < 4.78 is 0. The summed E-state index contributed by atoms with van der Waals surface area (Å²) in [6, 6.07) is -0.0989. The Morgan fingerprint density at radius 1 is 1.12 bits per heavy atom. The molecule has 2 atom stereocenters. The minimum atomic E-state index is -0.262. The molecule has 1 N–H and O–H groups in total. The molecule has 0 spiro atoms. The van der Waals surface area contributed by atoms with Crippen molar-refractivity contribution in [1.82, 2.24) is 15.1 Å². The Balaban J connectivity index is 1.80. The Bertz CT molecular complexity index is 545. The lowest BCUT2D eigenvalue weighted by molar-refractivity contribution is -0.140. The lowest BCUT2D eigenvalue weighted by atomic mass is 9.80. The number of hydrogen-bond donors (Lipinski definition) is 1. The van der Waals surface area contributed by atoms with Crippen molar-refractivity contribution < 1.29 is 14.4 Å². The Hall–Kier alpha value is -1.59. The van der Waals surface area contributed by atoms with E-state index in [2.05, 4.69) is 26.1 Å². The van der Waals surface area contributed by atoms with Crippen LogP contribution >= 0.6 is 0 Å². The number of nitrogens with one attached hydrogen (secondary N) is 1. The Morgan fingerprint density at radius 2 is 1.76 bits per heavy atom. The zero-order valence-electron chi connectivity index (χ0n) is 16.5. The number of rotatable bonds is 3. The molecule has 2 heterocycles. The monoisotopic (exact) mass is 351 g/mol. The number of hydrogen-bond acceptors (Lipinski definition) is 3. The second kappa shape index (κ2) is 6.96. The van der Waals surface area contributed by atoms with Gasteiger partial charge in [-0.3, -0.25) is 14.5 Å². The van der Waals surface area contributed by atoms with E-state index in [4.69, 9.17) is 0 Å². The molecule has 0 aromatic rings. The third-order valence-electron chi connectivity index (χ3n) is 5.60. The number of likely N-dealkylation sites (tertiary alicyclic amines) is 2. The van der Waals surface area contributed by atoms with Gasteiger partial charge in [0.1, 0.15) is 0 Å². The molecule has 0 bridgehead atoms. The van der Waals surface area contributed by atoms with E-state index in [0.29, 0.717) is 12.5 Å². The van der Waals surface area contributed by atoms with Crippen LogP contribution < -0.4 is 5.32 Å². The molecule has 4 amide bonds. The second-order valence-electron chi connectivity index (χ2n) is 9.54. The number of carbonyl (C=O) groups excluding carboxylic acids is 3. The van der Waals surface area contributed by atoms with Gasteiger partial charge in [-0.15, -0.1) is 0 Å². The van der Waals surface area contributed by atoms with Crippen molar-refractivity contribution in [3.05, 3.63) is 0 Å². The van der Waals surface area contributed by atoms with Crippen LogP contribution in [0.1, 0.15) is 54.4 Å². The van der Waals surface area contributed by atoms with E-state index in [0.717, 1.165) is 19.5 Å². The highest BCUT2D eigenvalue weighted by atomic mass is 16.2. The fourth-order valence-corrected chi connectivity index (χ4v) is 3.63. The van der Waals surface area contributed by atoms with Gasteiger partial charge in [0.05, 0.1) is 5.92 Å². The molecule has 2 aliphatic heterocycles. The summed E-state index contributed by atoms with van der Waals surface area (Å²) in [5, 5.41) is 2.86. The first-order valence-corrected chi connectivity index (χ1v) is 9.28. The Morgan fingerprint density at radius 3 is 2.24 bits per heavy atom. The Labute approximate surface area is 151 Å². The smallest absolute Gasteiger partial charge is 0.317 e.